The van der Waals surface area contributed by atoms with Crippen molar-refractivity contribution >= 4 is 22.4 Å². The SMILES string of the molecule is COc1ccccc1OC(C)C(=O)N1CCN(c2nc(CN3CCOCC3)cs2)CC1. The van der Waals surface area contributed by atoms with Gasteiger partial charge < -0.3 is 24.0 Å². The number of morpholine rings is 1. The first-order chi connectivity index (χ1) is 15.1. The number of carbonyl (C=O) groups excluding carboxylic acids is 1. The molecular formula is C22H30N4O4S. The molecule has 168 valence electrons. The molecule has 0 radical (unpaired) electrons. The molecular weight excluding hydrogens is 416 g/mol. The minimum atomic E-state index is -0.567. The maximum Gasteiger partial charge on any atom is 0.263 e. The van der Waals surface area contributed by atoms with E-state index in [1.807, 2.05) is 29.2 Å². The summed E-state index contributed by atoms with van der Waals surface area (Å²) in [6.07, 6.45) is -0.567. The van der Waals surface area contributed by atoms with Gasteiger partial charge in [-0.2, -0.15) is 0 Å². The smallest absolute Gasteiger partial charge is 0.263 e. The third kappa shape index (κ3) is 5.47. The molecule has 31 heavy (non-hydrogen) atoms. The summed E-state index contributed by atoms with van der Waals surface area (Å²) in [5, 5.41) is 3.18. The van der Waals surface area contributed by atoms with Crippen LogP contribution in [0.4, 0.5) is 5.13 Å². The largest absolute Gasteiger partial charge is 0.493 e. The van der Waals surface area contributed by atoms with Crippen LogP contribution < -0.4 is 14.4 Å². The van der Waals surface area contributed by atoms with Gasteiger partial charge in [-0.05, 0) is 19.1 Å². The average molecular weight is 447 g/mol. The van der Waals surface area contributed by atoms with Crippen LogP contribution in [-0.4, -0.2) is 86.4 Å². The molecule has 2 aromatic rings. The number of rotatable bonds is 7. The van der Waals surface area contributed by atoms with Crippen molar-refractivity contribution in [3.63, 3.8) is 0 Å². The van der Waals surface area contributed by atoms with Crippen molar-refractivity contribution < 1.29 is 19.0 Å². The highest BCUT2D eigenvalue weighted by Crippen LogP contribution is 2.27. The fourth-order valence-corrected chi connectivity index (χ4v) is 4.71. The Hall–Kier alpha value is -2.36. The van der Waals surface area contributed by atoms with Crippen molar-refractivity contribution in [1.82, 2.24) is 14.8 Å². The summed E-state index contributed by atoms with van der Waals surface area (Å²) in [4.78, 5) is 24.2. The summed E-state index contributed by atoms with van der Waals surface area (Å²) < 4.78 is 16.6. The Balaban J connectivity index is 1.27. The normalized spacial score (nSPS) is 18.6. The standard InChI is InChI=1S/C22H30N4O4S/c1-17(30-20-6-4-3-5-19(20)28-2)21(27)25-7-9-26(10-8-25)22-23-18(16-31-22)15-24-11-13-29-14-12-24/h3-6,16-17H,7-15H2,1-2H3. The predicted molar refractivity (Wildman–Crippen MR) is 120 cm³/mol. The van der Waals surface area contributed by atoms with Gasteiger partial charge in [0.1, 0.15) is 0 Å². The lowest BCUT2D eigenvalue weighted by atomic mass is 10.2. The van der Waals surface area contributed by atoms with Gasteiger partial charge in [-0.25, -0.2) is 4.98 Å². The lowest BCUT2D eigenvalue weighted by Crippen LogP contribution is -2.52. The van der Waals surface area contributed by atoms with Gasteiger partial charge in [0, 0.05) is 51.2 Å². The van der Waals surface area contributed by atoms with E-state index >= 15 is 0 Å². The lowest BCUT2D eigenvalue weighted by Gasteiger charge is -2.35. The third-order valence-electron chi connectivity index (χ3n) is 5.61. The van der Waals surface area contributed by atoms with E-state index in [9.17, 15) is 4.79 Å². The number of thiazole rings is 1. The van der Waals surface area contributed by atoms with Crippen molar-refractivity contribution in [3.05, 3.63) is 35.3 Å². The van der Waals surface area contributed by atoms with Gasteiger partial charge in [-0.15, -0.1) is 11.3 Å². The molecule has 2 saturated heterocycles. The lowest BCUT2D eigenvalue weighted by molar-refractivity contribution is -0.138. The topological polar surface area (TPSA) is 67.4 Å². The molecule has 3 heterocycles. The Morgan fingerprint density at radius 2 is 1.84 bits per heavy atom. The van der Waals surface area contributed by atoms with Crippen LogP contribution >= 0.6 is 11.3 Å². The number of hydrogen-bond donors (Lipinski definition) is 0. The summed E-state index contributed by atoms with van der Waals surface area (Å²) in [6.45, 7) is 9.06. The number of ether oxygens (including phenoxy) is 3. The van der Waals surface area contributed by atoms with E-state index in [0.717, 1.165) is 56.8 Å². The van der Waals surface area contributed by atoms with Crippen LogP contribution in [0.1, 0.15) is 12.6 Å². The van der Waals surface area contributed by atoms with Crippen molar-refractivity contribution in [2.75, 3.05) is 64.5 Å². The molecule has 0 aliphatic carbocycles. The Labute approximate surface area is 187 Å². The van der Waals surface area contributed by atoms with Gasteiger partial charge in [0.25, 0.3) is 5.91 Å². The maximum atomic E-state index is 12.9. The summed E-state index contributed by atoms with van der Waals surface area (Å²) in [6, 6.07) is 7.39. The first-order valence-corrected chi connectivity index (χ1v) is 11.6. The summed E-state index contributed by atoms with van der Waals surface area (Å²) in [7, 11) is 1.60. The van der Waals surface area contributed by atoms with Crippen LogP contribution in [0.25, 0.3) is 0 Å². The van der Waals surface area contributed by atoms with Crippen LogP contribution in [-0.2, 0) is 16.1 Å². The van der Waals surface area contributed by atoms with E-state index in [1.165, 1.54) is 0 Å². The molecule has 2 aliphatic heterocycles. The first-order valence-electron chi connectivity index (χ1n) is 10.7. The minimum absolute atomic E-state index is 0.00213. The molecule has 0 bridgehead atoms. The molecule has 1 unspecified atom stereocenters. The van der Waals surface area contributed by atoms with E-state index in [0.29, 0.717) is 24.6 Å². The molecule has 4 rings (SSSR count). The number of nitrogens with zero attached hydrogens (tertiary/aromatic N) is 4. The second-order valence-corrected chi connectivity index (χ2v) is 8.57. The molecule has 1 amide bonds. The summed E-state index contributed by atoms with van der Waals surface area (Å²) in [5.41, 5.74) is 1.11. The van der Waals surface area contributed by atoms with Crippen molar-refractivity contribution in [2.45, 2.75) is 19.6 Å². The van der Waals surface area contributed by atoms with Crippen LogP contribution in [0.5, 0.6) is 11.5 Å². The fourth-order valence-electron chi connectivity index (χ4n) is 3.83. The Morgan fingerprint density at radius 3 is 2.55 bits per heavy atom. The number of para-hydroxylation sites is 2. The number of benzene rings is 1. The van der Waals surface area contributed by atoms with Gasteiger partial charge in [-0.3, -0.25) is 9.69 Å². The zero-order chi connectivity index (χ0) is 21.6. The monoisotopic (exact) mass is 446 g/mol. The zero-order valence-corrected chi connectivity index (χ0v) is 19.0. The van der Waals surface area contributed by atoms with Gasteiger partial charge >= 0.3 is 0 Å². The molecule has 8 nitrogen and oxygen atoms in total. The maximum absolute atomic E-state index is 12.9. The summed E-state index contributed by atoms with van der Waals surface area (Å²) in [5.74, 6) is 1.21. The zero-order valence-electron chi connectivity index (χ0n) is 18.2. The Morgan fingerprint density at radius 1 is 1.13 bits per heavy atom. The molecule has 9 heteroatoms. The van der Waals surface area contributed by atoms with E-state index in [1.54, 1.807) is 25.4 Å². The first kappa shape index (κ1) is 21.9. The van der Waals surface area contributed by atoms with Gasteiger partial charge in [0.15, 0.2) is 22.7 Å². The van der Waals surface area contributed by atoms with Crippen LogP contribution in [0.2, 0.25) is 0 Å². The minimum Gasteiger partial charge on any atom is -0.493 e. The highest BCUT2D eigenvalue weighted by atomic mass is 32.1. The molecule has 0 saturated carbocycles. The van der Waals surface area contributed by atoms with E-state index in [2.05, 4.69) is 15.2 Å². The van der Waals surface area contributed by atoms with Gasteiger partial charge in [0.2, 0.25) is 0 Å². The number of amides is 1. The highest BCUT2D eigenvalue weighted by Gasteiger charge is 2.27. The van der Waals surface area contributed by atoms with Gasteiger partial charge in [-0.1, -0.05) is 12.1 Å². The number of carbonyl (C=O) groups is 1. The molecule has 1 aromatic heterocycles. The number of aromatic nitrogens is 1. The average Bonchev–Trinajstić information content (AvgIpc) is 3.28. The molecule has 2 fully saturated rings. The number of methoxy groups -OCH3 is 1. The Kier molecular flexibility index (Phi) is 7.26. The van der Waals surface area contributed by atoms with Crippen LogP contribution in [0.15, 0.2) is 29.6 Å². The van der Waals surface area contributed by atoms with Crippen LogP contribution in [0, 0.1) is 0 Å². The fraction of sp³-hybridized carbons (Fsp3) is 0.545. The van der Waals surface area contributed by atoms with Crippen molar-refractivity contribution in [1.29, 1.82) is 0 Å². The van der Waals surface area contributed by atoms with E-state index in [4.69, 9.17) is 19.2 Å². The number of hydrogen-bond acceptors (Lipinski definition) is 8. The predicted octanol–water partition coefficient (Wildman–Crippen LogP) is 2.10. The van der Waals surface area contributed by atoms with Crippen molar-refractivity contribution in [2.24, 2.45) is 0 Å². The van der Waals surface area contributed by atoms with Crippen molar-refractivity contribution in [3.8, 4) is 11.5 Å². The quantitative estimate of drug-likeness (QED) is 0.645. The molecule has 0 spiro atoms. The van der Waals surface area contributed by atoms with E-state index < -0.39 is 6.10 Å². The molecule has 2 aliphatic rings. The second kappa shape index (κ2) is 10.3. The summed E-state index contributed by atoms with van der Waals surface area (Å²) >= 11 is 1.68. The third-order valence-corrected chi connectivity index (χ3v) is 6.56. The van der Waals surface area contributed by atoms with Crippen LogP contribution in [0.3, 0.4) is 0 Å². The molecule has 1 atom stereocenters. The Bertz CT molecular complexity index is 863. The van der Waals surface area contributed by atoms with Gasteiger partial charge in [0.05, 0.1) is 26.0 Å². The number of piperazine rings is 1. The number of anilines is 1. The van der Waals surface area contributed by atoms with E-state index in [-0.39, 0.29) is 5.91 Å². The molecule has 0 N–H and O–H groups in total. The second-order valence-electron chi connectivity index (χ2n) is 7.73. The highest BCUT2D eigenvalue weighted by molar-refractivity contribution is 7.13. The molecule has 1 aromatic carbocycles.